The molecule has 0 unspecified atom stereocenters. The Balaban J connectivity index is 0.000000531. The lowest BCUT2D eigenvalue weighted by atomic mass is 9.76. The average Bonchev–Trinajstić information content (AvgIpc) is 2.74. The summed E-state index contributed by atoms with van der Waals surface area (Å²) in [5.74, 6) is 1.01. The Labute approximate surface area is 95.6 Å². The third-order valence-electron chi connectivity index (χ3n) is 3.90. The summed E-state index contributed by atoms with van der Waals surface area (Å²) < 4.78 is 5.91. The van der Waals surface area contributed by atoms with E-state index < -0.39 is 0 Å². The molecule has 1 aliphatic heterocycles. The van der Waals surface area contributed by atoms with E-state index in [1.54, 1.807) is 0 Å². The van der Waals surface area contributed by atoms with Crippen LogP contribution < -0.4 is 0 Å². The molecule has 0 radical (unpaired) electrons. The summed E-state index contributed by atoms with van der Waals surface area (Å²) in [7, 11) is 0. The number of rotatable bonds is 2. The maximum absolute atomic E-state index is 5.91. The first kappa shape index (κ1) is 13.0. The van der Waals surface area contributed by atoms with Crippen molar-refractivity contribution in [3.8, 4) is 0 Å². The lowest BCUT2D eigenvalue weighted by molar-refractivity contribution is -0.0354. The van der Waals surface area contributed by atoms with Crippen molar-refractivity contribution in [2.75, 3.05) is 6.61 Å². The lowest BCUT2D eigenvalue weighted by Gasteiger charge is -2.36. The van der Waals surface area contributed by atoms with Gasteiger partial charge in [-0.15, -0.1) is 0 Å². The summed E-state index contributed by atoms with van der Waals surface area (Å²) in [6.45, 7) is 7.33. The van der Waals surface area contributed by atoms with E-state index in [0.29, 0.717) is 5.60 Å². The minimum atomic E-state index is 0.351. The minimum absolute atomic E-state index is 0.351. The van der Waals surface area contributed by atoms with Gasteiger partial charge in [0.1, 0.15) is 0 Å². The standard InChI is InChI=1S/C12H22O.C2H6/c1-2-4-11-5-8-12(9-6-11)7-3-10-13-12;1-2/h11H,2-10H2,1H3;1-2H3. The topological polar surface area (TPSA) is 9.23 Å². The van der Waals surface area contributed by atoms with Crippen molar-refractivity contribution in [3.63, 3.8) is 0 Å². The van der Waals surface area contributed by atoms with Crippen molar-refractivity contribution >= 4 is 0 Å². The van der Waals surface area contributed by atoms with Crippen LogP contribution in [-0.4, -0.2) is 12.2 Å². The van der Waals surface area contributed by atoms with Crippen LogP contribution in [0.2, 0.25) is 0 Å². The van der Waals surface area contributed by atoms with Crippen molar-refractivity contribution < 1.29 is 4.74 Å². The normalized spacial score (nSPS) is 35.0. The zero-order valence-electron chi connectivity index (χ0n) is 10.8. The van der Waals surface area contributed by atoms with Crippen LogP contribution in [0.25, 0.3) is 0 Å². The predicted molar refractivity (Wildman–Crippen MR) is 66.1 cm³/mol. The third kappa shape index (κ3) is 3.48. The molecule has 2 aliphatic rings. The molecule has 1 saturated carbocycles. The van der Waals surface area contributed by atoms with Crippen molar-refractivity contribution in [2.24, 2.45) is 5.92 Å². The summed E-state index contributed by atoms with van der Waals surface area (Å²) in [6, 6.07) is 0. The SMILES string of the molecule is CC.CCCC1CCC2(CCCO2)CC1. The van der Waals surface area contributed by atoms with Gasteiger partial charge in [-0.05, 0) is 44.4 Å². The largest absolute Gasteiger partial charge is 0.375 e. The van der Waals surface area contributed by atoms with Crippen LogP contribution in [0.15, 0.2) is 0 Å². The maximum atomic E-state index is 5.91. The second-order valence-electron chi connectivity index (χ2n) is 4.87. The number of ether oxygens (including phenoxy) is 1. The molecule has 1 saturated heterocycles. The fraction of sp³-hybridized carbons (Fsp3) is 1.00. The molecular formula is C14H28O. The van der Waals surface area contributed by atoms with E-state index in [2.05, 4.69) is 6.92 Å². The molecule has 1 spiro atoms. The molecule has 2 rings (SSSR count). The van der Waals surface area contributed by atoms with Gasteiger partial charge in [0, 0.05) is 6.61 Å². The summed E-state index contributed by atoms with van der Waals surface area (Å²) in [5.41, 5.74) is 0.351. The van der Waals surface area contributed by atoms with Gasteiger partial charge in [-0.2, -0.15) is 0 Å². The Morgan fingerprint density at radius 2 is 1.80 bits per heavy atom. The smallest absolute Gasteiger partial charge is 0.0683 e. The number of hydrogen-bond acceptors (Lipinski definition) is 1. The van der Waals surface area contributed by atoms with Gasteiger partial charge in [0.25, 0.3) is 0 Å². The average molecular weight is 212 g/mol. The highest BCUT2D eigenvalue weighted by Crippen LogP contribution is 2.42. The van der Waals surface area contributed by atoms with E-state index >= 15 is 0 Å². The molecule has 1 nitrogen and oxygen atoms in total. The second-order valence-corrected chi connectivity index (χ2v) is 4.87. The summed E-state index contributed by atoms with van der Waals surface area (Å²) in [5, 5.41) is 0. The Hall–Kier alpha value is -0.0400. The van der Waals surface area contributed by atoms with Crippen LogP contribution in [0.4, 0.5) is 0 Å². The molecule has 0 aromatic rings. The monoisotopic (exact) mass is 212 g/mol. The first-order chi connectivity index (χ1) is 7.35. The Morgan fingerprint density at radius 3 is 2.27 bits per heavy atom. The lowest BCUT2D eigenvalue weighted by Crippen LogP contribution is -2.33. The van der Waals surface area contributed by atoms with Gasteiger partial charge >= 0.3 is 0 Å². The van der Waals surface area contributed by atoms with Crippen molar-refractivity contribution in [1.82, 2.24) is 0 Å². The van der Waals surface area contributed by atoms with Crippen LogP contribution >= 0.6 is 0 Å². The molecule has 1 heterocycles. The highest BCUT2D eigenvalue weighted by Gasteiger charge is 2.38. The fourth-order valence-corrected chi connectivity index (χ4v) is 3.05. The molecule has 0 N–H and O–H groups in total. The van der Waals surface area contributed by atoms with Crippen LogP contribution in [0.3, 0.4) is 0 Å². The Kier molecular flexibility index (Phi) is 5.66. The molecular weight excluding hydrogens is 184 g/mol. The van der Waals surface area contributed by atoms with Gasteiger partial charge in [-0.25, -0.2) is 0 Å². The first-order valence-corrected chi connectivity index (χ1v) is 6.99. The summed E-state index contributed by atoms with van der Waals surface area (Å²) >= 11 is 0. The molecule has 90 valence electrons. The van der Waals surface area contributed by atoms with Crippen molar-refractivity contribution in [2.45, 2.75) is 77.7 Å². The van der Waals surface area contributed by atoms with Gasteiger partial charge in [-0.3, -0.25) is 0 Å². The van der Waals surface area contributed by atoms with Crippen molar-refractivity contribution in [1.29, 1.82) is 0 Å². The fourth-order valence-electron chi connectivity index (χ4n) is 3.05. The molecule has 0 atom stereocenters. The second kappa shape index (κ2) is 6.52. The van der Waals surface area contributed by atoms with Gasteiger partial charge in [0.2, 0.25) is 0 Å². The molecule has 1 aliphatic carbocycles. The van der Waals surface area contributed by atoms with Crippen LogP contribution in [0, 0.1) is 5.92 Å². The zero-order valence-corrected chi connectivity index (χ0v) is 10.8. The molecule has 0 aromatic heterocycles. The highest BCUT2D eigenvalue weighted by molar-refractivity contribution is 4.89. The van der Waals surface area contributed by atoms with E-state index in [-0.39, 0.29) is 0 Å². The molecule has 0 amide bonds. The Bertz CT molecular complexity index is 149. The predicted octanol–water partition coefficient (Wildman–Crippen LogP) is 4.55. The highest BCUT2D eigenvalue weighted by atomic mass is 16.5. The minimum Gasteiger partial charge on any atom is -0.375 e. The van der Waals surface area contributed by atoms with E-state index in [1.807, 2.05) is 13.8 Å². The number of hydrogen-bond donors (Lipinski definition) is 0. The van der Waals surface area contributed by atoms with Gasteiger partial charge < -0.3 is 4.74 Å². The quantitative estimate of drug-likeness (QED) is 0.652. The maximum Gasteiger partial charge on any atom is 0.0683 e. The van der Waals surface area contributed by atoms with E-state index in [0.717, 1.165) is 12.5 Å². The van der Waals surface area contributed by atoms with E-state index in [4.69, 9.17) is 4.74 Å². The van der Waals surface area contributed by atoms with Crippen LogP contribution in [-0.2, 0) is 4.74 Å². The van der Waals surface area contributed by atoms with Crippen LogP contribution in [0.5, 0.6) is 0 Å². The third-order valence-corrected chi connectivity index (χ3v) is 3.90. The molecule has 0 aromatic carbocycles. The van der Waals surface area contributed by atoms with Crippen LogP contribution in [0.1, 0.15) is 72.1 Å². The summed E-state index contributed by atoms with van der Waals surface area (Å²) in [6.07, 6.45) is 11.0. The molecule has 15 heavy (non-hydrogen) atoms. The van der Waals surface area contributed by atoms with Crippen molar-refractivity contribution in [3.05, 3.63) is 0 Å². The van der Waals surface area contributed by atoms with E-state index in [9.17, 15) is 0 Å². The van der Waals surface area contributed by atoms with Gasteiger partial charge in [0.05, 0.1) is 5.60 Å². The summed E-state index contributed by atoms with van der Waals surface area (Å²) in [4.78, 5) is 0. The van der Waals surface area contributed by atoms with Gasteiger partial charge in [0.15, 0.2) is 0 Å². The first-order valence-electron chi connectivity index (χ1n) is 6.99. The molecule has 0 bridgehead atoms. The molecule has 1 heteroatoms. The van der Waals surface area contributed by atoms with E-state index in [1.165, 1.54) is 51.4 Å². The zero-order chi connectivity index (χ0) is 11.1. The van der Waals surface area contributed by atoms with Gasteiger partial charge in [-0.1, -0.05) is 33.6 Å². The Morgan fingerprint density at radius 1 is 1.13 bits per heavy atom. The molecule has 2 fully saturated rings.